The van der Waals surface area contributed by atoms with Crippen molar-refractivity contribution in [3.63, 3.8) is 0 Å². The summed E-state index contributed by atoms with van der Waals surface area (Å²) in [5.41, 5.74) is 1.68. The fourth-order valence-corrected chi connectivity index (χ4v) is 5.85. The fraction of sp³-hybridized carbons (Fsp3) is 0.355. The van der Waals surface area contributed by atoms with Crippen LogP contribution in [0.2, 0.25) is 5.02 Å². The van der Waals surface area contributed by atoms with E-state index < -0.39 is 28.5 Å². The standard InChI is InChI=1S/C31H38ClN3O6S/c1-7-22(3)33-31(37)23(4)34(19-24-9-8-10-25(32)17-24)30(36)20-35(28-18-26(40-5)13-16-29(28)41-6)42(38,39)27-14-11-21(2)12-15-27/h8-18,22-23H,7,19-20H2,1-6H3,(H,33,37)/t22-,23+/m0/s1. The molecule has 0 radical (unpaired) electrons. The third-order valence-electron chi connectivity index (χ3n) is 6.95. The Labute approximate surface area is 253 Å². The van der Waals surface area contributed by atoms with Crippen LogP contribution in [0.1, 0.15) is 38.3 Å². The molecule has 0 spiro atoms. The van der Waals surface area contributed by atoms with Gasteiger partial charge in [-0.3, -0.25) is 13.9 Å². The summed E-state index contributed by atoms with van der Waals surface area (Å²) in [6, 6.07) is 17.0. The van der Waals surface area contributed by atoms with Gasteiger partial charge in [-0.05, 0) is 69.2 Å². The first-order valence-electron chi connectivity index (χ1n) is 13.6. The smallest absolute Gasteiger partial charge is 0.264 e. The van der Waals surface area contributed by atoms with Gasteiger partial charge < -0.3 is 19.7 Å². The molecule has 0 aliphatic heterocycles. The van der Waals surface area contributed by atoms with Gasteiger partial charge in [0, 0.05) is 23.7 Å². The molecular weight excluding hydrogens is 578 g/mol. The van der Waals surface area contributed by atoms with Crippen LogP contribution >= 0.6 is 11.6 Å². The van der Waals surface area contributed by atoms with Crippen LogP contribution in [0.3, 0.4) is 0 Å². The molecule has 0 bridgehead atoms. The van der Waals surface area contributed by atoms with E-state index in [1.54, 1.807) is 55.5 Å². The molecule has 0 unspecified atom stereocenters. The fourth-order valence-electron chi connectivity index (χ4n) is 4.22. The molecule has 0 saturated carbocycles. The van der Waals surface area contributed by atoms with E-state index in [-0.39, 0.29) is 34.8 Å². The highest BCUT2D eigenvalue weighted by molar-refractivity contribution is 7.92. The number of carbonyl (C=O) groups is 2. The highest BCUT2D eigenvalue weighted by Gasteiger charge is 2.34. The molecule has 0 aromatic heterocycles. The molecule has 0 aliphatic carbocycles. The SMILES string of the molecule is CC[C@H](C)NC(=O)[C@@H](C)N(Cc1cccc(Cl)c1)C(=O)CN(c1cc(OC)ccc1OC)S(=O)(=O)c1ccc(C)cc1. The number of sulfonamides is 1. The van der Waals surface area contributed by atoms with Gasteiger partial charge in [0.1, 0.15) is 24.1 Å². The Hall–Kier alpha value is -3.76. The average Bonchev–Trinajstić information content (AvgIpc) is 2.97. The first-order chi connectivity index (χ1) is 19.9. The maximum Gasteiger partial charge on any atom is 0.264 e. The monoisotopic (exact) mass is 615 g/mol. The molecule has 0 aliphatic rings. The number of benzene rings is 3. The Morgan fingerprint density at radius 1 is 0.976 bits per heavy atom. The zero-order valence-corrected chi connectivity index (χ0v) is 26.3. The van der Waals surface area contributed by atoms with Gasteiger partial charge in [-0.25, -0.2) is 8.42 Å². The summed E-state index contributed by atoms with van der Waals surface area (Å²) in [6.45, 7) is 6.70. The van der Waals surface area contributed by atoms with E-state index in [0.717, 1.165) is 9.87 Å². The zero-order chi connectivity index (χ0) is 31.0. The van der Waals surface area contributed by atoms with E-state index in [4.69, 9.17) is 21.1 Å². The third kappa shape index (κ3) is 7.95. The van der Waals surface area contributed by atoms with Gasteiger partial charge in [0.25, 0.3) is 10.0 Å². The first kappa shape index (κ1) is 32.8. The van der Waals surface area contributed by atoms with Crippen molar-refractivity contribution in [2.24, 2.45) is 0 Å². The Morgan fingerprint density at radius 3 is 2.26 bits per heavy atom. The summed E-state index contributed by atoms with van der Waals surface area (Å²) in [7, 11) is -1.41. The summed E-state index contributed by atoms with van der Waals surface area (Å²) in [5, 5.41) is 3.39. The molecule has 3 aromatic rings. The number of methoxy groups -OCH3 is 2. The second-order valence-electron chi connectivity index (χ2n) is 10.0. The minimum atomic E-state index is -4.28. The lowest BCUT2D eigenvalue weighted by atomic mass is 10.1. The van der Waals surface area contributed by atoms with E-state index in [0.29, 0.717) is 22.8 Å². The van der Waals surface area contributed by atoms with E-state index in [2.05, 4.69) is 5.32 Å². The van der Waals surface area contributed by atoms with Gasteiger partial charge in [0.05, 0.1) is 24.8 Å². The average molecular weight is 616 g/mol. The molecule has 42 heavy (non-hydrogen) atoms. The lowest BCUT2D eigenvalue weighted by Gasteiger charge is -2.33. The van der Waals surface area contributed by atoms with Crippen molar-refractivity contribution in [3.05, 3.63) is 82.9 Å². The largest absolute Gasteiger partial charge is 0.497 e. The number of halogens is 1. The minimum Gasteiger partial charge on any atom is -0.497 e. The number of amides is 2. The van der Waals surface area contributed by atoms with Gasteiger partial charge in [-0.15, -0.1) is 0 Å². The summed E-state index contributed by atoms with van der Waals surface area (Å²) in [4.78, 5) is 28.7. The van der Waals surface area contributed by atoms with Crippen molar-refractivity contribution in [1.29, 1.82) is 0 Å². The maximum atomic E-state index is 14.1. The molecule has 2 atom stereocenters. The predicted molar refractivity (Wildman–Crippen MR) is 165 cm³/mol. The summed E-state index contributed by atoms with van der Waals surface area (Å²) in [5.74, 6) is -0.350. The van der Waals surface area contributed by atoms with Crippen molar-refractivity contribution in [3.8, 4) is 11.5 Å². The molecule has 0 saturated heterocycles. The predicted octanol–water partition coefficient (Wildman–Crippen LogP) is 5.19. The van der Waals surface area contributed by atoms with Gasteiger partial charge in [0.15, 0.2) is 0 Å². The van der Waals surface area contributed by atoms with E-state index >= 15 is 0 Å². The second kappa shape index (κ2) is 14.4. The molecule has 1 N–H and O–H groups in total. The normalized spacial score (nSPS) is 12.6. The van der Waals surface area contributed by atoms with E-state index in [9.17, 15) is 18.0 Å². The van der Waals surface area contributed by atoms with Crippen molar-refractivity contribution in [2.75, 3.05) is 25.1 Å². The molecular formula is C31H38ClN3O6S. The molecule has 2 amide bonds. The summed E-state index contributed by atoms with van der Waals surface area (Å²) < 4.78 is 40.1. The summed E-state index contributed by atoms with van der Waals surface area (Å²) in [6.07, 6.45) is 0.707. The Morgan fingerprint density at radius 2 is 1.67 bits per heavy atom. The number of hydrogen-bond acceptors (Lipinski definition) is 6. The number of anilines is 1. The lowest BCUT2D eigenvalue weighted by molar-refractivity contribution is -0.139. The van der Waals surface area contributed by atoms with Gasteiger partial charge in [-0.2, -0.15) is 0 Å². The number of hydrogen-bond donors (Lipinski definition) is 1. The van der Waals surface area contributed by atoms with E-state index in [1.807, 2.05) is 20.8 Å². The quantitative estimate of drug-likeness (QED) is 0.284. The minimum absolute atomic E-state index is 0.00488. The highest BCUT2D eigenvalue weighted by atomic mass is 35.5. The van der Waals surface area contributed by atoms with Crippen LogP contribution in [0, 0.1) is 6.92 Å². The van der Waals surface area contributed by atoms with Crippen molar-refractivity contribution < 1.29 is 27.5 Å². The van der Waals surface area contributed by atoms with Crippen molar-refractivity contribution in [1.82, 2.24) is 10.2 Å². The van der Waals surface area contributed by atoms with Gasteiger partial charge in [0.2, 0.25) is 11.8 Å². The van der Waals surface area contributed by atoms with Gasteiger partial charge in [-0.1, -0.05) is 48.4 Å². The zero-order valence-electron chi connectivity index (χ0n) is 24.8. The summed E-state index contributed by atoms with van der Waals surface area (Å²) >= 11 is 6.21. The second-order valence-corrected chi connectivity index (χ2v) is 12.3. The number of ether oxygens (including phenoxy) is 2. The molecule has 226 valence electrons. The van der Waals surface area contributed by atoms with Crippen LogP contribution in [0.25, 0.3) is 0 Å². The molecule has 0 fully saturated rings. The highest BCUT2D eigenvalue weighted by Crippen LogP contribution is 2.36. The lowest BCUT2D eigenvalue weighted by Crippen LogP contribution is -2.52. The maximum absolute atomic E-state index is 14.1. The van der Waals surface area contributed by atoms with Crippen LogP contribution < -0.4 is 19.1 Å². The topological polar surface area (TPSA) is 105 Å². The van der Waals surface area contributed by atoms with Gasteiger partial charge >= 0.3 is 0 Å². The molecule has 3 rings (SSSR count). The number of carbonyl (C=O) groups excluding carboxylic acids is 2. The first-order valence-corrected chi connectivity index (χ1v) is 15.4. The number of aryl methyl sites for hydroxylation is 1. The molecule has 3 aromatic carbocycles. The Bertz CT molecular complexity index is 1500. The van der Waals surface area contributed by atoms with Crippen LogP contribution in [0.5, 0.6) is 11.5 Å². The molecule has 0 heterocycles. The Balaban J connectivity index is 2.12. The van der Waals surface area contributed by atoms with Crippen LogP contribution in [-0.4, -0.2) is 58.0 Å². The van der Waals surface area contributed by atoms with Crippen molar-refractivity contribution in [2.45, 2.75) is 57.6 Å². The third-order valence-corrected chi connectivity index (χ3v) is 8.96. The molecule has 11 heteroatoms. The van der Waals surface area contributed by atoms with E-state index in [1.165, 1.54) is 37.3 Å². The Kier molecular flexibility index (Phi) is 11.2. The number of rotatable bonds is 13. The van der Waals surface area contributed by atoms with Crippen LogP contribution in [-0.2, 0) is 26.2 Å². The number of nitrogens with zero attached hydrogens (tertiary/aromatic N) is 2. The van der Waals surface area contributed by atoms with Crippen molar-refractivity contribution >= 4 is 39.1 Å². The molecule has 9 nitrogen and oxygen atoms in total. The van der Waals surface area contributed by atoms with Crippen LogP contribution in [0.15, 0.2) is 71.6 Å². The van der Waals surface area contributed by atoms with Crippen LogP contribution in [0.4, 0.5) is 5.69 Å². The number of nitrogens with one attached hydrogen (secondary N) is 1.